The topological polar surface area (TPSA) is 64.9 Å². The summed E-state index contributed by atoms with van der Waals surface area (Å²) in [4.78, 5) is 4.34. The summed E-state index contributed by atoms with van der Waals surface area (Å²) in [6, 6.07) is -0.0717. The molecule has 0 saturated heterocycles. The van der Waals surface area contributed by atoms with Gasteiger partial charge in [-0.3, -0.25) is 0 Å². The molecule has 0 radical (unpaired) electrons. The highest BCUT2D eigenvalue weighted by Crippen LogP contribution is 2.13. The van der Waals surface area contributed by atoms with Crippen LogP contribution in [-0.2, 0) is 6.42 Å². The fourth-order valence-electron chi connectivity index (χ4n) is 1.84. The monoisotopic (exact) mass is 239 g/mol. The predicted octanol–water partition coefficient (Wildman–Crippen LogP) is 3.38. The molecule has 0 aliphatic carbocycles. The van der Waals surface area contributed by atoms with E-state index in [1.807, 2.05) is 0 Å². The lowest BCUT2D eigenvalue weighted by molar-refractivity contribution is 0.364. The van der Waals surface area contributed by atoms with Crippen LogP contribution in [0.2, 0.25) is 0 Å². The van der Waals surface area contributed by atoms with Gasteiger partial charge in [-0.15, -0.1) is 0 Å². The first kappa shape index (κ1) is 14.2. The Bertz CT molecular complexity index is 299. The van der Waals surface area contributed by atoms with E-state index in [1.54, 1.807) is 0 Å². The molecule has 4 heteroatoms. The normalized spacial score (nSPS) is 12.9. The van der Waals surface area contributed by atoms with Crippen molar-refractivity contribution in [3.63, 3.8) is 0 Å². The third kappa shape index (κ3) is 5.31. The molecule has 0 bridgehead atoms. The molecule has 0 spiro atoms. The van der Waals surface area contributed by atoms with E-state index in [0.29, 0.717) is 5.82 Å². The van der Waals surface area contributed by atoms with Crippen LogP contribution in [0.5, 0.6) is 0 Å². The highest BCUT2D eigenvalue weighted by molar-refractivity contribution is 4.92. The number of aryl methyl sites for hydroxylation is 1. The van der Waals surface area contributed by atoms with Gasteiger partial charge in [-0.1, -0.05) is 51.1 Å². The molecule has 1 aromatic heterocycles. The van der Waals surface area contributed by atoms with Crippen molar-refractivity contribution in [1.29, 1.82) is 0 Å². The lowest BCUT2D eigenvalue weighted by Gasteiger charge is -2.02. The van der Waals surface area contributed by atoms with Crippen molar-refractivity contribution < 1.29 is 4.52 Å². The fourth-order valence-corrected chi connectivity index (χ4v) is 1.84. The van der Waals surface area contributed by atoms with E-state index in [0.717, 1.165) is 31.6 Å². The van der Waals surface area contributed by atoms with Crippen LogP contribution in [0.1, 0.15) is 76.6 Å². The molecule has 1 unspecified atom stereocenters. The molecular formula is C13H25N3O. The maximum Gasteiger partial charge on any atom is 0.226 e. The van der Waals surface area contributed by atoms with E-state index in [9.17, 15) is 0 Å². The highest BCUT2D eigenvalue weighted by Gasteiger charge is 2.12. The minimum atomic E-state index is -0.0717. The molecule has 0 amide bonds. The maximum atomic E-state index is 5.93. The third-order valence-corrected chi connectivity index (χ3v) is 2.91. The second kappa shape index (κ2) is 8.23. The molecule has 1 rings (SSSR count). The smallest absolute Gasteiger partial charge is 0.226 e. The number of nitrogens with zero attached hydrogens (tertiary/aromatic N) is 2. The second-order valence-corrected chi connectivity index (χ2v) is 4.61. The Hall–Kier alpha value is -0.900. The van der Waals surface area contributed by atoms with Gasteiger partial charge in [0.05, 0.1) is 6.04 Å². The number of hydrogen-bond donors (Lipinski definition) is 1. The van der Waals surface area contributed by atoms with Crippen molar-refractivity contribution in [2.24, 2.45) is 5.73 Å². The quantitative estimate of drug-likeness (QED) is 0.671. The van der Waals surface area contributed by atoms with Gasteiger partial charge in [-0.2, -0.15) is 4.98 Å². The molecular weight excluding hydrogens is 214 g/mol. The Labute approximate surface area is 104 Å². The summed E-state index contributed by atoms with van der Waals surface area (Å²) in [5.41, 5.74) is 5.93. The van der Waals surface area contributed by atoms with Gasteiger partial charge in [0, 0.05) is 6.42 Å². The van der Waals surface area contributed by atoms with Crippen LogP contribution in [0.3, 0.4) is 0 Å². The van der Waals surface area contributed by atoms with Crippen molar-refractivity contribution >= 4 is 0 Å². The largest absolute Gasteiger partial charge is 0.339 e. The Morgan fingerprint density at radius 1 is 1.12 bits per heavy atom. The van der Waals surface area contributed by atoms with Crippen molar-refractivity contribution in [1.82, 2.24) is 10.1 Å². The zero-order chi connectivity index (χ0) is 12.5. The van der Waals surface area contributed by atoms with Gasteiger partial charge in [0.25, 0.3) is 0 Å². The highest BCUT2D eigenvalue weighted by atomic mass is 16.5. The van der Waals surface area contributed by atoms with Crippen LogP contribution < -0.4 is 5.73 Å². The first-order valence-corrected chi connectivity index (χ1v) is 6.86. The van der Waals surface area contributed by atoms with E-state index < -0.39 is 0 Å². The van der Waals surface area contributed by atoms with Crippen LogP contribution in [0.25, 0.3) is 0 Å². The van der Waals surface area contributed by atoms with Crippen LogP contribution in [0, 0.1) is 0 Å². The number of rotatable bonds is 9. The predicted molar refractivity (Wildman–Crippen MR) is 68.6 cm³/mol. The Morgan fingerprint density at radius 3 is 2.59 bits per heavy atom. The van der Waals surface area contributed by atoms with Crippen molar-refractivity contribution in [2.45, 2.75) is 71.3 Å². The number of unbranched alkanes of at least 4 members (excludes halogenated alkanes) is 4. The van der Waals surface area contributed by atoms with Gasteiger partial charge in [-0.05, 0) is 12.8 Å². The minimum absolute atomic E-state index is 0.0717. The average molecular weight is 239 g/mol. The first-order chi connectivity index (χ1) is 8.27. The van der Waals surface area contributed by atoms with Crippen molar-refractivity contribution in [3.8, 4) is 0 Å². The van der Waals surface area contributed by atoms with E-state index in [4.69, 9.17) is 10.3 Å². The molecule has 0 saturated carbocycles. The molecule has 0 aliphatic heterocycles. The summed E-state index contributed by atoms with van der Waals surface area (Å²) in [7, 11) is 0. The molecule has 0 aliphatic rings. The second-order valence-electron chi connectivity index (χ2n) is 4.61. The zero-order valence-corrected chi connectivity index (χ0v) is 11.1. The summed E-state index contributed by atoms with van der Waals surface area (Å²) in [6.45, 7) is 4.33. The molecule has 0 aromatic carbocycles. The van der Waals surface area contributed by atoms with Gasteiger partial charge < -0.3 is 10.3 Å². The molecule has 4 nitrogen and oxygen atoms in total. The Kier molecular flexibility index (Phi) is 6.86. The average Bonchev–Trinajstić information content (AvgIpc) is 2.78. The number of nitrogens with two attached hydrogens (primary N) is 1. The van der Waals surface area contributed by atoms with Gasteiger partial charge >= 0.3 is 0 Å². The van der Waals surface area contributed by atoms with Gasteiger partial charge in [0.1, 0.15) is 0 Å². The summed E-state index contributed by atoms with van der Waals surface area (Å²) in [5.74, 6) is 1.40. The summed E-state index contributed by atoms with van der Waals surface area (Å²) < 4.78 is 5.20. The lowest BCUT2D eigenvalue weighted by atomic mass is 10.1. The molecule has 1 atom stereocenters. The standard InChI is InChI=1S/C13H25N3O/c1-3-5-6-7-8-10-12-15-13(16-17-12)11(14)9-4-2/h11H,3-10,14H2,1-2H3. The van der Waals surface area contributed by atoms with E-state index in [-0.39, 0.29) is 6.04 Å². The molecule has 1 heterocycles. The molecule has 1 aromatic rings. The Balaban J connectivity index is 2.25. The van der Waals surface area contributed by atoms with Crippen molar-refractivity contribution in [2.75, 3.05) is 0 Å². The van der Waals surface area contributed by atoms with Crippen LogP contribution in [-0.4, -0.2) is 10.1 Å². The lowest BCUT2D eigenvalue weighted by Crippen LogP contribution is -2.11. The van der Waals surface area contributed by atoms with Gasteiger partial charge in [-0.25, -0.2) is 0 Å². The van der Waals surface area contributed by atoms with Crippen LogP contribution >= 0.6 is 0 Å². The van der Waals surface area contributed by atoms with Crippen LogP contribution in [0.15, 0.2) is 4.52 Å². The molecule has 17 heavy (non-hydrogen) atoms. The van der Waals surface area contributed by atoms with Gasteiger partial charge in [0.2, 0.25) is 5.89 Å². The Morgan fingerprint density at radius 2 is 1.88 bits per heavy atom. The summed E-state index contributed by atoms with van der Waals surface area (Å²) >= 11 is 0. The minimum Gasteiger partial charge on any atom is -0.339 e. The zero-order valence-electron chi connectivity index (χ0n) is 11.1. The molecule has 0 fully saturated rings. The summed E-state index contributed by atoms with van der Waals surface area (Å²) in [6.07, 6.45) is 9.10. The van der Waals surface area contributed by atoms with E-state index >= 15 is 0 Å². The van der Waals surface area contributed by atoms with Crippen molar-refractivity contribution in [3.05, 3.63) is 11.7 Å². The van der Waals surface area contributed by atoms with Crippen LogP contribution in [0.4, 0.5) is 0 Å². The maximum absolute atomic E-state index is 5.93. The van der Waals surface area contributed by atoms with E-state index in [2.05, 4.69) is 24.0 Å². The SMILES string of the molecule is CCCCCCCc1nc(C(N)CCC)no1. The van der Waals surface area contributed by atoms with Gasteiger partial charge in [0.15, 0.2) is 5.82 Å². The third-order valence-electron chi connectivity index (χ3n) is 2.91. The summed E-state index contributed by atoms with van der Waals surface area (Å²) in [5, 5.41) is 3.94. The number of hydrogen-bond acceptors (Lipinski definition) is 4. The van der Waals surface area contributed by atoms with E-state index in [1.165, 1.54) is 25.7 Å². The molecule has 2 N–H and O–H groups in total. The first-order valence-electron chi connectivity index (χ1n) is 6.86. The number of aromatic nitrogens is 2. The molecule has 98 valence electrons. The fraction of sp³-hybridized carbons (Fsp3) is 0.846.